The molecule has 0 atom stereocenters. The zero-order chi connectivity index (χ0) is 13.0. The molecule has 0 aromatic carbocycles. The standard InChI is InChI=1S/C12H17N3OS2/c1-8-9(2)18-12-10(8)11(14-7-15-12)17-6-5-16-4-3-13/h7H,3-6,13H2,1-2H3. The van der Waals surface area contributed by atoms with E-state index in [1.54, 1.807) is 29.4 Å². The van der Waals surface area contributed by atoms with Crippen LogP contribution in [0.5, 0.6) is 0 Å². The number of nitrogens with zero attached hydrogens (tertiary/aromatic N) is 2. The zero-order valence-electron chi connectivity index (χ0n) is 10.6. The molecule has 4 nitrogen and oxygen atoms in total. The van der Waals surface area contributed by atoms with E-state index in [4.69, 9.17) is 10.5 Å². The van der Waals surface area contributed by atoms with Crippen LogP contribution in [-0.4, -0.2) is 35.5 Å². The molecule has 0 aliphatic heterocycles. The highest BCUT2D eigenvalue weighted by atomic mass is 32.2. The summed E-state index contributed by atoms with van der Waals surface area (Å²) < 4.78 is 5.37. The number of nitrogens with two attached hydrogens (primary N) is 1. The van der Waals surface area contributed by atoms with Crippen molar-refractivity contribution in [1.82, 2.24) is 9.97 Å². The van der Waals surface area contributed by atoms with Crippen molar-refractivity contribution < 1.29 is 4.74 Å². The molecule has 2 heterocycles. The summed E-state index contributed by atoms with van der Waals surface area (Å²) >= 11 is 3.45. The SMILES string of the molecule is Cc1sc2ncnc(SCCOCCN)c2c1C. The van der Waals surface area contributed by atoms with E-state index in [9.17, 15) is 0 Å². The Morgan fingerprint density at radius 3 is 2.94 bits per heavy atom. The van der Waals surface area contributed by atoms with Crippen molar-refractivity contribution >= 4 is 33.3 Å². The molecule has 0 saturated heterocycles. The first-order valence-electron chi connectivity index (χ1n) is 5.85. The molecule has 0 unspecified atom stereocenters. The summed E-state index contributed by atoms with van der Waals surface area (Å²) in [6.07, 6.45) is 1.64. The molecule has 18 heavy (non-hydrogen) atoms. The molecule has 2 aromatic heterocycles. The normalized spacial score (nSPS) is 11.3. The summed E-state index contributed by atoms with van der Waals surface area (Å²) in [5, 5.41) is 2.25. The Kier molecular flexibility index (Phi) is 4.94. The van der Waals surface area contributed by atoms with E-state index in [1.165, 1.54) is 15.8 Å². The minimum Gasteiger partial charge on any atom is -0.379 e. The highest BCUT2D eigenvalue weighted by Crippen LogP contribution is 2.34. The summed E-state index contributed by atoms with van der Waals surface area (Å²) in [6, 6.07) is 0. The predicted molar refractivity (Wildman–Crippen MR) is 77.5 cm³/mol. The first-order chi connectivity index (χ1) is 8.74. The van der Waals surface area contributed by atoms with Crippen LogP contribution in [0, 0.1) is 13.8 Å². The molecule has 0 saturated carbocycles. The van der Waals surface area contributed by atoms with Crippen molar-refractivity contribution in [3.63, 3.8) is 0 Å². The lowest BCUT2D eigenvalue weighted by atomic mass is 10.2. The van der Waals surface area contributed by atoms with Crippen LogP contribution in [0.25, 0.3) is 10.2 Å². The van der Waals surface area contributed by atoms with Crippen molar-refractivity contribution in [2.45, 2.75) is 18.9 Å². The van der Waals surface area contributed by atoms with Gasteiger partial charge in [-0.2, -0.15) is 0 Å². The van der Waals surface area contributed by atoms with Crippen molar-refractivity contribution in [1.29, 1.82) is 0 Å². The maximum Gasteiger partial charge on any atom is 0.128 e. The van der Waals surface area contributed by atoms with Gasteiger partial charge in [0, 0.05) is 22.6 Å². The number of aromatic nitrogens is 2. The second-order valence-electron chi connectivity index (χ2n) is 3.89. The van der Waals surface area contributed by atoms with Crippen LogP contribution in [0.1, 0.15) is 10.4 Å². The van der Waals surface area contributed by atoms with E-state index in [0.717, 1.165) is 15.6 Å². The highest BCUT2D eigenvalue weighted by Gasteiger charge is 2.11. The zero-order valence-corrected chi connectivity index (χ0v) is 12.2. The smallest absolute Gasteiger partial charge is 0.128 e. The van der Waals surface area contributed by atoms with Gasteiger partial charge in [0.2, 0.25) is 0 Å². The van der Waals surface area contributed by atoms with E-state index in [0.29, 0.717) is 19.8 Å². The molecule has 98 valence electrons. The molecule has 0 bridgehead atoms. The minimum absolute atomic E-state index is 0.575. The summed E-state index contributed by atoms with van der Waals surface area (Å²) in [5.74, 6) is 0.889. The molecule has 2 N–H and O–H groups in total. The number of thioether (sulfide) groups is 1. The minimum atomic E-state index is 0.575. The largest absolute Gasteiger partial charge is 0.379 e. The van der Waals surface area contributed by atoms with Gasteiger partial charge in [0.05, 0.1) is 13.2 Å². The molecular weight excluding hydrogens is 266 g/mol. The molecular formula is C12H17N3OS2. The lowest BCUT2D eigenvalue weighted by molar-refractivity contribution is 0.158. The summed E-state index contributed by atoms with van der Waals surface area (Å²) in [4.78, 5) is 11.1. The number of ether oxygens (including phenoxy) is 1. The Bertz CT molecular complexity index is 527. The van der Waals surface area contributed by atoms with E-state index in [2.05, 4.69) is 23.8 Å². The van der Waals surface area contributed by atoms with E-state index in [-0.39, 0.29) is 0 Å². The van der Waals surface area contributed by atoms with Gasteiger partial charge in [-0.25, -0.2) is 9.97 Å². The van der Waals surface area contributed by atoms with Gasteiger partial charge in [-0.1, -0.05) is 0 Å². The Morgan fingerprint density at radius 2 is 2.17 bits per heavy atom. The second-order valence-corrected chi connectivity index (χ2v) is 6.18. The van der Waals surface area contributed by atoms with E-state index >= 15 is 0 Å². The number of hydrogen-bond donors (Lipinski definition) is 1. The first kappa shape index (κ1) is 13.7. The third-order valence-corrected chi connectivity index (χ3v) is 4.73. The summed E-state index contributed by atoms with van der Waals surface area (Å²) in [6.45, 7) is 6.16. The third kappa shape index (κ3) is 3.00. The Morgan fingerprint density at radius 1 is 1.33 bits per heavy atom. The van der Waals surface area contributed by atoms with Crippen LogP contribution in [0.4, 0.5) is 0 Å². The Balaban J connectivity index is 2.08. The molecule has 0 radical (unpaired) electrons. The Labute approximate surface area is 115 Å². The van der Waals surface area contributed by atoms with Gasteiger partial charge in [-0.3, -0.25) is 0 Å². The first-order valence-corrected chi connectivity index (χ1v) is 7.65. The average Bonchev–Trinajstić information content (AvgIpc) is 2.66. The lowest BCUT2D eigenvalue weighted by Gasteiger charge is -2.04. The van der Waals surface area contributed by atoms with Crippen molar-refractivity contribution in [3.05, 3.63) is 16.8 Å². The second kappa shape index (κ2) is 6.47. The van der Waals surface area contributed by atoms with Gasteiger partial charge >= 0.3 is 0 Å². The van der Waals surface area contributed by atoms with Gasteiger partial charge in [-0.05, 0) is 19.4 Å². The number of fused-ring (bicyclic) bond motifs is 1. The van der Waals surface area contributed by atoms with Gasteiger partial charge in [0.25, 0.3) is 0 Å². The van der Waals surface area contributed by atoms with Crippen LogP contribution in [0.15, 0.2) is 11.4 Å². The quantitative estimate of drug-likeness (QED) is 0.501. The fourth-order valence-corrected chi connectivity index (χ4v) is 3.61. The van der Waals surface area contributed by atoms with Gasteiger partial charge in [0.1, 0.15) is 16.2 Å². The van der Waals surface area contributed by atoms with Gasteiger partial charge in [-0.15, -0.1) is 23.1 Å². The van der Waals surface area contributed by atoms with Crippen LogP contribution in [0.2, 0.25) is 0 Å². The summed E-state index contributed by atoms with van der Waals surface area (Å²) in [7, 11) is 0. The molecule has 0 spiro atoms. The Hall–Kier alpha value is -0.690. The van der Waals surface area contributed by atoms with E-state index < -0.39 is 0 Å². The highest BCUT2D eigenvalue weighted by molar-refractivity contribution is 7.99. The van der Waals surface area contributed by atoms with Crippen LogP contribution in [-0.2, 0) is 4.74 Å². The molecule has 2 rings (SSSR count). The van der Waals surface area contributed by atoms with Crippen molar-refractivity contribution in [3.8, 4) is 0 Å². The number of rotatable bonds is 6. The predicted octanol–water partition coefficient (Wildman–Crippen LogP) is 2.38. The number of hydrogen-bond acceptors (Lipinski definition) is 6. The molecule has 0 aliphatic carbocycles. The molecule has 2 aromatic rings. The van der Waals surface area contributed by atoms with Gasteiger partial charge < -0.3 is 10.5 Å². The number of thiophene rings is 1. The molecule has 0 fully saturated rings. The fraction of sp³-hybridized carbons (Fsp3) is 0.500. The van der Waals surface area contributed by atoms with E-state index in [1.807, 2.05) is 0 Å². The average molecular weight is 283 g/mol. The van der Waals surface area contributed by atoms with Crippen LogP contribution >= 0.6 is 23.1 Å². The molecule has 0 amide bonds. The number of aryl methyl sites for hydroxylation is 2. The summed E-state index contributed by atoms with van der Waals surface area (Å²) in [5.41, 5.74) is 6.66. The van der Waals surface area contributed by atoms with Crippen molar-refractivity contribution in [2.75, 3.05) is 25.5 Å². The van der Waals surface area contributed by atoms with Crippen LogP contribution in [0.3, 0.4) is 0 Å². The molecule has 6 heteroatoms. The third-order valence-electron chi connectivity index (χ3n) is 2.66. The monoisotopic (exact) mass is 283 g/mol. The van der Waals surface area contributed by atoms with Crippen LogP contribution < -0.4 is 5.73 Å². The molecule has 0 aliphatic rings. The topological polar surface area (TPSA) is 61.0 Å². The maximum atomic E-state index is 5.37. The van der Waals surface area contributed by atoms with Crippen molar-refractivity contribution in [2.24, 2.45) is 5.73 Å². The maximum absolute atomic E-state index is 5.37. The lowest BCUT2D eigenvalue weighted by Crippen LogP contribution is -2.09. The van der Waals surface area contributed by atoms with Gasteiger partial charge in [0.15, 0.2) is 0 Å². The fourth-order valence-electron chi connectivity index (χ4n) is 1.64.